The van der Waals surface area contributed by atoms with Crippen molar-refractivity contribution in [1.29, 1.82) is 0 Å². The number of nitrogens with one attached hydrogen (secondary N) is 1. The molecule has 0 saturated carbocycles. The molecule has 5 rings (SSSR count). The van der Waals surface area contributed by atoms with E-state index >= 15 is 0 Å². The number of para-hydroxylation sites is 1. The van der Waals surface area contributed by atoms with Crippen molar-refractivity contribution in [2.75, 3.05) is 5.32 Å². The van der Waals surface area contributed by atoms with Crippen LogP contribution in [0, 0.1) is 5.82 Å². The summed E-state index contributed by atoms with van der Waals surface area (Å²) in [6.45, 7) is 0.526. The highest BCUT2D eigenvalue weighted by Gasteiger charge is 2.20. The zero-order chi connectivity index (χ0) is 25.8. The van der Waals surface area contributed by atoms with E-state index in [1.54, 1.807) is 48.5 Å². The molecule has 0 saturated heterocycles. The Balaban J connectivity index is 1.50. The maximum absolute atomic E-state index is 14.6. The summed E-state index contributed by atoms with van der Waals surface area (Å²) in [4.78, 5) is 28.7. The molecule has 182 valence electrons. The van der Waals surface area contributed by atoms with E-state index in [4.69, 9.17) is 5.11 Å². The highest BCUT2D eigenvalue weighted by molar-refractivity contribution is 6.16. The van der Waals surface area contributed by atoms with Crippen LogP contribution in [-0.2, 0) is 17.8 Å². The van der Waals surface area contributed by atoms with Crippen LogP contribution in [0.15, 0.2) is 103 Å². The molecule has 0 amide bonds. The lowest BCUT2D eigenvalue weighted by Gasteiger charge is -2.15. The van der Waals surface area contributed by atoms with Gasteiger partial charge in [0.1, 0.15) is 11.3 Å². The summed E-state index contributed by atoms with van der Waals surface area (Å²) in [5.41, 5.74) is 5.09. The predicted octanol–water partition coefficient (Wildman–Crippen LogP) is 6.51. The number of ketones is 1. The van der Waals surface area contributed by atoms with Crippen molar-refractivity contribution in [3.8, 4) is 11.1 Å². The summed E-state index contributed by atoms with van der Waals surface area (Å²) >= 11 is 0. The number of benzene rings is 4. The largest absolute Gasteiger partial charge is 0.481 e. The first-order chi connectivity index (χ1) is 18.0. The van der Waals surface area contributed by atoms with Crippen LogP contribution < -0.4 is 5.32 Å². The number of carbonyl (C=O) groups is 2. The fraction of sp³-hybridized carbons (Fsp3) is 0.0645. The van der Waals surface area contributed by atoms with Crippen LogP contribution >= 0.6 is 0 Å². The lowest BCUT2D eigenvalue weighted by atomic mass is 9.92. The molecule has 0 atom stereocenters. The molecule has 6 heteroatoms. The third kappa shape index (κ3) is 5.23. The minimum Gasteiger partial charge on any atom is -0.481 e. The van der Waals surface area contributed by atoms with Gasteiger partial charge in [-0.1, -0.05) is 78.9 Å². The summed E-state index contributed by atoms with van der Waals surface area (Å²) in [6.07, 6.45) is 1.44. The SMILES string of the molecule is O=C(O)Cc1ccc(CNc2cccc(-c3c(C(=O)c4ccccc4)cnc4c(F)cccc34)c2)cc1. The number of carboxylic acids is 1. The minimum atomic E-state index is -0.865. The van der Waals surface area contributed by atoms with Crippen molar-refractivity contribution in [3.63, 3.8) is 0 Å². The number of carbonyl (C=O) groups excluding carboxylic acids is 1. The summed E-state index contributed by atoms with van der Waals surface area (Å²) in [7, 11) is 0. The zero-order valence-electron chi connectivity index (χ0n) is 19.8. The highest BCUT2D eigenvalue weighted by Crippen LogP contribution is 2.34. The van der Waals surface area contributed by atoms with E-state index in [1.807, 2.05) is 42.5 Å². The number of aromatic nitrogens is 1. The Morgan fingerprint density at radius 1 is 0.838 bits per heavy atom. The fourth-order valence-corrected chi connectivity index (χ4v) is 4.35. The number of pyridine rings is 1. The van der Waals surface area contributed by atoms with Crippen molar-refractivity contribution in [3.05, 3.63) is 131 Å². The predicted molar refractivity (Wildman–Crippen MR) is 142 cm³/mol. The summed E-state index contributed by atoms with van der Waals surface area (Å²) in [6, 6.07) is 28.8. The maximum Gasteiger partial charge on any atom is 0.307 e. The Hall–Kier alpha value is -4.84. The molecule has 1 heterocycles. The second-order valence-corrected chi connectivity index (χ2v) is 8.70. The van der Waals surface area contributed by atoms with Gasteiger partial charge in [-0.05, 0) is 34.9 Å². The number of hydrogen-bond acceptors (Lipinski definition) is 4. The molecule has 2 N–H and O–H groups in total. The van der Waals surface area contributed by atoms with Gasteiger partial charge in [0.05, 0.1) is 6.42 Å². The Bertz CT molecular complexity index is 1600. The van der Waals surface area contributed by atoms with E-state index in [9.17, 15) is 14.0 Å². The minimum absolute atomic E-state index is 0.0136. The number of nitrogens with zero attached hydrogens (tertiary/aromatic N) is 1. The highest BCUT2D eigenvalue weighted by atomic mass is 19.1. The van der Waals surface area contributed by atoms with Crippen molar-refractivity contribution in [1.82, 2.24) is 4.98 Å². The van der Waals surface area contributed by atoms with Gasteiger partial charge in [0.25, 0.3) is 0 Å². The first-order valence-corrected chi connectivity index (χ1v) is 11.8. The topological polar surface area (TPSA) is 79.3 Å². The van der Waals surface area contributed by atoms with Gasteiger partial charge in [-0.25, -0.2) is 4.39 Å². The number of halogens is 1. The number of anilines is 1. The maximum atomic E-state index is 14.6. The Kier molecular flexibility index (Phi) is 6.72. The van der Waals surface area contributed by atoms with E-state index in [0.29, 0.717) is 28.6 Å². The molecule has 5 nitrogen and oxygen atoms in total. The van der Waals surface area contributed by atoms with Crippen LogP contribution in [0.5, 0.6) is 0 Å². The first-order valence-electron chi connectivity index (χ1n) is 11.8. The third-order valence-electron chi connectivity index (χ3n) is 6.16. The van der Waals surface area contributed by atoms with Gasteiger partial charge in [0, 0.05) is 40.5 Å². The third-order valence-corrected chi connectivity index (χ3v) is 6.16. The van der Waals surface area contributed by atoms with E-state index in [0.717, 1.165) is 22.4 Å². The van der Waals surface area contributed by atoms with Gasteiger partial charge in [-0.3, -0.25) is 14.6 Å². The molecule has 0 aliphatic heterocycles. The number of carboxylic acid groups (broad SMARTS) is 1. The van der Waals surface area contributed by atoms with Gasteiger partial charge in [-0.15, -0.1) is 0 Å². The average Bonchev–Trinajstić information content (AvgIpc) is 2.92. The average molecular weight is 491 g/mol. The van der Waals surface area contributed by atoms with Crippen LogP contribution in [-0.4, -0.2) is 21.8 Å². The molecular formula is C31H23FN2O3. The molecular weight excluding hydrogens is 467 g/mol. The lowest BCUT2D eigenvalue weighted by Crippen LogP contribution is -2.06. The normalized spacial score (nSPS) is 10.8. The number of hydrogen-bond donors (Lipinski definition) is 2. The van der Waals surface area contributed by atoms with Crippen molar-refractivity contribution >= 4 is 28.3 Å². The Labute approximate surface area is 213 Å². The number of fused-ring (bicyclic) bond motifs is 1. The van der Waals surface area contributed by atoms with Gasteiger partial charge in [-0.2, -0.15) is 0 Å². The molecule has 37 heavy (non-hydrogen) atoms. The molecule has 0 radical (unpaired) electrons. The quantitative estimate of drug-likeness (QED) is 0.242. The van der Waals surface area contributed by atoms with Crippen LogP contribution in [0.2, 0.25) is 0 Å². The van der Waals surface area contributed by atoms with E-state index < -0.39 is 11.8 Å². The molecule has 0 unspecified atom stereocenters. The molecule has 0 aliphatic rings. The molecule has 0 bridgehead atoms. The van der Waals surface area contributed by atoms with Crippen LogP contribution in [0.3, 0.4) is 0 Å². The summed E-state index contributed by atoms with van der Waals surface area (Å²) in [5, 5.41) is 12.9. The summed E-state index contributed by atoms with van der Waals surface area (Å²) in [5.74, 6) is -1.50. The first kappa shape index (κ1) is 23.9. The number of aliphatic carboxylic acids is 1. The second kappa shape index (κ2) is 10.4. The standard InChI is InChI=1S/C31H23FN2O3/c32-27-11-5-10-25-29(26(19-34-30(25)27)31(37)22-6-2-1-3-7-22)23-8-4-9-24(17-23)33-18-21-14-12-20(13-15-21)16-28(35)36/h1-15,17,19,33H,16,18H2,(H,35,36). The van der Waals surface area contributed by atoms with E-state index in [-0.39, 0.29) is 17.7 Å². The lowest BCUT2D eigenvalue weighted by molar-refractivity contribution is -0.136. The molecule has 0 aliphatic carbocycles. The molecule has 0 fully saturated rings. The Morgan fingerprint density at radius 3 is 2.32 bits per heavy atom. The monoisotopic (exact) mass is 490 g/mol. The van der Waals surface area contributed by atoms with Crippen molar-refractivity contribution < 1.29 is 19.1 Å². The van der Waals surface area contributed by atoms with Crippen molar-refractivity contribution in [2.45, 2.75) is 13.0 Å². The smallest absolute Gasteiger partial charge is 0.307 e. The molecule has 5 aromatic rings. The van der Waals surface area contributed by atoms with Gasteiger partial charge in [0.15, 0.2) is 5.78 Å². The second-order valence-electron chi connectivity index (χ2n) is 8.70. The fourth-order valence-electron chi connectivity index (χ4n) is 4.35. The van der Waals surface area contributed by atoms with Crippen LogP contribution in [0.25, 0.3) is 22.0 Å². The molecule has 1 aromatic heterocycles. The van der Waals surface area contributed by atoms with Crippen LogP contribution in [0.1, 0.15) is 27.0 Å². The van der Waals surface area contributed by atoms with Crippen molar-refractivity contribution in [2.24, 2.45) is 0 Å². The molecule has 0 spiro atoms. The van der Waals surface area contributed by atoms with Crippen LogP contribution in [0.4, 0.5) is 10.1 Å². The van der Waals surface area contributed by atoms with E-state index in [2.05, 4.69) is 10.3 Å². The van der Waals surface area contributed by atoms with Gasteiger partial charge >= 0.3 is 5.97 Å². The molecule has 4 aromatic carbocycles. The number of rotatable bonds is 8. The zero-order valence-corrected chi connectivity index (χ0v) is 19.8. The Morgan fingerprint density at radius 2 is 1.57 bits per heavy atom. The van der Waals surface area contributed by atoms with Gasteiger partial charge < -0.3 is 10.4 Å². The van der Waals surface area contributed by atoms with E-state index in [1.165, 1.54) is 12.3 Å². The van der Waals surface area contributed by atoms with Gasteiger partial charge in [0.2, 0.25) is 0 Å². The summed E-state index contributed by atoms with van der Waals surface area (Å²) < 4.78 is 14.6.